The first-order valence-corrected chi connectivity index (χ1v) is 13.8. The number of nitrogens with one attached hydrogen (secondary N) is 1. The minimum absolute atomic E-state index is 0.223. The molecule has 41 heavy (non-hydrogen) atoms. The van der Waals surface area contributed by atoms with E-state index < -0.39 is 6.10 Å². The molecular weight excluding hydrogens is 540 g/mol. The Bertz CT molecular complexity index is 1490. The first-order valence-electron chi connectivity index (χ1n) is 13.4. The number of aliphatic hydroxyl groups excluding tert-OH is 1. The predicted octanol–water partition coefficient (Wildman–Crippen LogP) is 4.03. The molecule has 0 bridgehead atoms. The molecule has 1 amide bonds. The number of carbonyl (C=O) groups is 1. The molecule has 1 atom stereocenters. The zero-order valence-corrected chi connectivity index (χ0v) is 24.2. The zero-order valence-electron chi connectivity index (χ0n) is 23.4. The van der Waals surface area contributed by atoms with Crippen LogP contribution in [0.15, 0.2) is 77.8 Å². The minimum atomic E-state index is -0.548. The smallest absolute Gasteiger partial charge is 0.221 e. The van der Waals surface area contributed by atoms with Crippen LogP contribution in [0, 0.1) is 6.92 Å². The van der Waals surface area contributed by atoms with E-state index in [1.54, 1.807) is 24.3 Å². The number of fused-ring (bicyclic) bond motifs is 3. The van der Waals surface area contributed by atoms with Crippen LogP contribution in [-0.4, -0.2) is 56.8 Å². The van der Waals surface area contributed by atoms with Crippen LogP contribution in [0.2, 0.25) is 5.02 Å². The Hall–Kier alpha value is -4.05. The van der Waals surface area contributed by atoms with E-state index in [1.165, 1.54) is 0 Å². The number of rotatable bonds is 9. The molecule has 1 aliphatic heterocycles. The Morgan fingerprint density at radius 2 is 1.83 bits per heavy atom. The quantitative estimate of drug-likeness (QED) is 0.277. The fourth-order valence-corrected chi connectivity index (χ4v) is 4.49. The zero-order chi connectivity index (χ0) is 29.4. The van der Waals surface area contributed by atoms with E-state index in [1.807, 2.05) is 61.7 Å². The maximum absolute atomic E-state index is 10.7. The second kappa shape index (κ2) is 14.0. The molecule has 1 unspecified atom stereocenters. The number of halogens is 1. The van der Waals surface area contributed by atoms with Crippen molar-refractivity contribution in [1.29, 1.82) is 0 Å². The van der Waals surface area contributed by atoms with Crippen molar-refractivity contribution in [2.75, 3.05) is 13.2 Å². The number of nitrogens with zero attached hydrogens (tertiary/aromatic N) is 4. The molecule has 0 fully saturated rings. The third-order valence-corrected chi connectivity index (χ3v) is 6.51. The number of amides is 1. The van der Waals surface area contributed by atoms with Gasteiger partial charge in [0.2, 0.25) is 5.91 Å². The summed E-state index contributed by atoms with van der Waals surface area (Å²) in [5.41, 5.74) is 9.98. The molecule has 0 spiro atoms. The first kappa shape index (κ1) is 29.9. The van der Waals surface area contributed by atoms with Crippen LogP contribution in [0.4, 0.5) is 0 Å². The van der Waals surface area contributed by atoms with Gasteiger partial charge < -0.3 is 20.9 Å². The van der Waals surface area contributed by atoms with E-state index in [0.29, 0.717) is 29.9 Å². The number of hydrogen-bond donors (Lipinski definition) is 3. The van der Waals surface area contributed by atoms with Crippen LogP contribution >= 0.6 is 11.6 Å². The highest BCUT2D eigenvalue weighted by molar-refractivity contribution is 6.31. The van der Waals surface area contributed by atoms with E-state index >= 15 is 0 Å². The Morgan fingerprint density at radius 3 is 2.51 bits per heavy atom. The van der Waals surface area contributed by atoms with Crippen LogP contribution in [-0.2, 0) is 17.8 Å². The van der Waals surface area contributed by atoms with Gasteiger partial charge >= 0.3 is 0 Å². The van der Waals surface area contributed by atoms with Crippen LogP contribution in [0.1, 0.15) is 42.2 Å². The lowest BCUT2D eigenvalue weighted by Crippen LogP contribution is -2.35. The van der Waals surface area contributed by atoms with Crippen LogP contribution < -0.4 is 15.8 Å². The topological polar surface area (TPSA) is 128 Å². The molecule has 5 rings (SSSR count). The van der Waals surface area contributed by atoms with Gasteiger partial charge in [-0.1, -0.05) is 67.9 Å². The van der Waals surface area contributed by atoms with Crippen LogP contribution in [0.3, 0.4) is 0 Å². The van der Waals surface area contributed by atoms with Gasteiger partial charge in [0.1, 0.15) is 30.8 Å². The summed E-state index contributed by atoms with van der Waals surface area (Å²) in [6, 6.07) is 23.4. The highest BCUT2D eigenvalue weighted by Crippen LogP contribution is 2.28. The number of carbonyl (C=O) groups excluding carboxylic acids is 1. The number of aryl methyl sites for hydroxylation is 1. The van der Waals surface area contributed by atoms with Crippen molar-refractivity contribution in [2.45, 2.75) is 45.9 Å². The third-order valence-electron chi connectivity index (χ3n) is 6.28. The van der Waals surface area contributed by atoms with Crippen molar-refractivity contribution < 1.29 is 14.6 Å². The third kappa shape index (κ3) is 8.23. The number of benzene rings is 3. The summed E-state index contributed by atoms with van der Waals surface area (Å²) < 4.78 is 7.50. The molecule has 9 nitrogen and oxygen atoms in total. The standard InChI is InChI=1S/C17H13ClN4.C14H22N2O3/c1-11-20-21-16-10-19-17(12-5-3-2-4-6-12)14-9-13(18)7-8-15(14)22(11)16;1-10(2)16-8-12(17)9-19-13-5-3-11(4-6-13)7-14(15)18/h2-9H,10H2,1H3;3-6,10,12,16-17H,7-9H2,1-2H3,(H2,15,18). The molecular formula is C31H35ClN6O3. The molecule has 0 radical (unpaired) electrons. The lowest BCUT2D eigenvalue weighted by Gasteiger charge is -2.15. The number of aliphatic hydroxyl groups is 1. The highest BCUT2D eigenvalue weighted by atomic mass is 35.5. The van der Waals surface area contributed by atoms with Crippen molar-refractivity contribution >= 4 is 23.2 Å². The maximum Gasteiger partial charge on any atom is 0.221 e. The summed E-state index contributed by atoms with van der Waals surface area (Å²) in [6.45, 7) is 7.21. The Kier molecular flexibility index (Phi) is 10.2. The molecule has 0 aliphatic carbocycles. The molecule has 0 saturated carbocycles. The summed E-state index contributed by atoms with van der Waals surface area (Å²) in [7, 11) is 0. The minimum Gasteiger partial charge on any atom is -0.491 e. The van der Waals surface area contributed by atoms with Crippen molar-refractivity contribution in [2.24, 2.45) is 10.7 Å². The summed E-state index contributed by atoms with van der Waals surface area (Å²) in [6.07, 6.45) is -0.325. The summed E-state index contributed by atoms with van der Waals surface area (Å²) in [4.78, 5) is 15.5. The number of nitrogens with two attached hydrogens (primary N) is 1. The van der Waals surface area contributed by atoms with Gasteiger partial charge in [-0.25, -0.2) is 0 Å². The van der Waals surface area contributed by atoms with Gasteiger partial charge in [0.25, 0.3) is 0 Å². The largest absolute Gasteiger partial charge is 0.491 e. The van der Waals surface area contributed by atoms with E-state index in [0.717, 1.165) is 39.7 Å². The molecule has 214 valence electrons. The lowest BCUT2D eigenvalue weighted by molar-refractivity contribution is -0.117. The molecule has 10 heteroatoms. The van der Waals surface area contributed by atoms with Gasteiger partial charge in [0.05, 0.1) is 17.8 Å². The number of ether oxygens (including phenoxy) is 1. The van der Waals surface area contributed by atoms with Crippen LogP contribution in [0.5, 0.6) is 5.75 Å². The maximum atomic E-state index is 10.7. The summed E-state index contributed by atoms with van der Waals surface area (Å²) >= 11 is 6.23. The molecule has 2 heterocycles. The SMILES string of the molecule is CC(C)NCC(O)COc1ccc(CC(N)=O)cc1.Cc1nnc2n1-c1ccc(Cl)cc1C(c1ccccc1)=NC2. The Balaban J connectivity index is 0.000000192. The first-order chi connectivity index (χ1) is 19.7. The van der Waals surface area contributed by atoms with E-state index in [4.69, 9.17) is 27.1 Å². The van der Waals surface area contributed by atoms with E-state index in [-0.39, 0.29) is 18.9 Å². The molecule has 1 aromatic heterocycles. The Labute approximate surface area is 245 Å². The number of primary amides is 1. The van der Waals surface area contributed by atoms with Gasteiger partial charge in [-0.3, -0.25) is 14.4 Å². The van der Waals surface area contributed by atoms with Crippen LogP contribution in [0.25, 0.3) is 5.69 Å². The highest BCUT2D eigenvalue weighted by Gasteiger charge is 2.21. The van der Waals surface area contributed by atoms with Gasteiger partial charge in [0.15, 0.2) is 5.82 Å². The summed E-state index contributed by atoms with van der Waals surface area (Å²) in [5, 5.41) is 21.9. The molecule has 0 saturated heterocycles. The average molecular weight is 575 g/mol. The van der Waals surface area contributed by atoms with E-state index in [2.05, 4.69) is 27.6 Å². The average Bonchev–Trinajstić information content (AvgIpc) is 3.23. The second-order valence-corrected chi connectivity index (χ2v) is 10.4. The number of aliphatic imine (C=N–C) groups is 1. The van der Waals surface area contributed by atoms with Gasteiger partial charge in [0, 0.05) is 28.7 Å². The molecule has 3 aromatic carbocycles. The normalized spacial score (nSPS) is 12.8. The predicted molar refractivity (Wildman–Crippen MR) is 161 cm³/mol. The lowest BCUT2D eigenvalue weighted by atomic mass is 10.0. The van der Waals surface area contributed by atoms with Crippen molar-refractivity contribution in [3.63, 3.8) is 0 Å². The van der Waals surface area contributed by atoms with Crippen molar-refractivity contribution in [3.8, 4) is 11.4 Å². The number of aromatic nitrogens is 3. The fraction of sp³-hybridized carbons (Fsp3) is 0.290. The summed E-state index contributed by atoms with van der Waals surface area (Å²) in [5.74, 6) is 2.00. The molecule has 4 aromatic rings. The van der Waals surface area contributed by atoms with Gasteiger partial charge in [-0.05, 0) is 42.8 Å². The van der Waals surface area contributed by atoms with Crippen molar-refractivity contribution in [3.05, 3.63) is 106 Å². The van der Waals surface area contributed by atoms with Gasteiger partial charge in [-0.2, -0.15) is 0 Å². The number of hydrogen-bond acceptors (Lipinski definition) is 7. The fourth-order valence-electron chi connectivity index (χ4n) is 4.32. The molecule has 4 N–H and O–H groups in total. The molecule has 1 aliphatic rings. The Morgan fingerprint density at radius 1 is 1.10 bits per heavy atom. The second-order valence-electron chi connectivity index (χ2n) is 10.0. The van der Waals surface area contributed by atoms with Crippen molar-refractivity contribution in [1.82, 2.24) is 20.1 Å². The van der Waals surface area contributed by atoms with Gasteiger partial charge in [-0.15, -0.1) is 10.2 Å². The van der Waals surface area contributed by atoms with E-state index in [9.17, 15) is 9.90 Å². The monoisotopic (exact) mass is 574 g/mol.